The van der Waals surface area contributed by atoms with E-state index in [4.69, 9.17) is 24.7 Å². The highest BCUT2D eigenvalue weighted by Gasteiger charge is 2.29. The van der Waals surface area contributed by atoms with Crippen molar-refractivity contribution in [3.05, 3.63) is 35.0 Å². The summed E-state index contributed by atoms with van der Waals surface area (Å²) in [7, 11) is 1.93. The molecule has 0 spiro atoms. The number of aromatic nitrogens is 6. The zero-order valence-corrected chi connectivity index (χ0v) is 18.9. The van der Waals surface area contributed by atoms with Crippen molar-refractivity contribution in [2.75, 3.05) is 24.6 Å². The van der Waals surface area contributed by atoms with Crippen LogP contribution in [0.3, 0.4) is 0 Å². The standard InChI is InChI=1S/C23H31N7O/c1-14-5-7-17(8-6-14)20-21-22(26-16(3)15(2)25-21)28-23(27-20)30-9-10-31-19(13-30)18-11-24-29(4)12-18/h11-12,14,17,19H,5-10,13H2,1-4H3/t14-,17-,19-/m0/s1. The van der Waals surface area contributed by atoms with Gasteiger partial charge < -0.3 is 9.64 Å². The van der Waals surface area contributed by atoms with Gasteiger partial charge in [0.1, 0.15) is 11.6 Å². The molecule has 1 saturated heterocycles. The fraction of sp³-hybridized carbons (Fsp3) is 0.609. The van der Waals surface area contributed by atoms with E-state index in [2.05, 4.69) is 16.9 Å². The smallest absolute Gasteiger partial charge is 0.227 e. The third-order valence-electron chi connectivity index (χ3n) is 6.81. The predicted molar refractivity (Wildman–Crippen MR) is 119 cm³/mol. The maximum Gasteiger partial charge on any atom is 0.227 e. The van der Waals surface area contributed by atoms with E-state index in [1.807, 2.05) is 38.0 Å². The molecule has 4 heterocycles. The molecule has 2 fully saturated rings. The largest absolute Gasteiger partial charge is 0.370 e. The zero-order chi connectivity index (χ0) is 21.5. The van der Waals surface area contributed by atoms with Crippen LogP contribution in [0.1, 0.15) is 67.3 Å². The number of aryl methyl sites for hydroxylation is 3. The minimum Gasteiger partial charge on any atom is -0.370 e. The van der Waals surface area contributed by atoms with E-state index in [-0.39, 0.29) is 6.10 Å². The highest BCUT2D eigenvalue weighted by Crippen LogP contribution is 2.37. The molecule has 3 aromatic rings. The molecule has 1 atom stereocenters. The minimum atomic E-state index is -0.0356. The Morgan fingerprint density at radius 3 is 2.52 bits per heavy atom. The van der Waals surface area contributed by atoms with E-state index >= 15 is 0 Å². The summed E-state index contributed by atoms with van der Waals surface area (Å²) in [5.41, 5.74) is 5.63. The molecule has 31 heavy (non-hydrogen) atoms. The Morgan fingerprint density at radius 2 is 1.77 bits per heavy atom. The molecule has 164 valence electrons. The number of hydrogen-bond acceptors (Lipinski definition) is 7. The molecular formula is C23H31N7O. The fourth-order valence-electron chi connectivity index (χ4n) is 4.72. The number of rotatable bonds is 3. The van der Waals surface area contributed by atoms with Gasteiger partial charge >= 0.3 is 0 Å². The summed E-state index contributed by atoms with van der Waals surface area (Å²) in [5, 5.41) is 4.30. The lowest BCUT2D eigenvalue weighted by atomic mass is 9.81. The first-order valence-electron chi connectivity index (χ1n) is 11.4. The van der Waals surface area contributed by atoms with Crippen molar-refractivity contribution in [1.82, 2.24) is 29.7 Å². The molecule has 5 rings (SSSR count). The van der Waals surface area contributed by atoms with Gasteiger partial charge in [-0.15, -0.1) is 0 Å². The monoisotopic (exact) mass is 421 g/mol. The van der Waals surface area contributed by atoms with E-state index in [1.54, 1.807) is 0 Å². The highest BCUT2D eigenvalue weighted by molar-refractivity contribution is 5.75. The van der Waals surface area contributed by atoms with Crippen LogP contribution in [-0.2, 0) is 11.8 Å². The number of fused-ring (bicyclic) bond motifs is 1. The topological polar surface area (TPSA) is 81.9 Å². The summed E-state index contributed by atoms with van der Waals surface area (Å²) >= 11 is 0. The second-order valence-electron chi connectivity index (χ2n) is 9.19. The Kier molecular flexibility index (Phi) is 5.33. The van der Waals surface area contributed by atoms with E-state index in [0.29, 0.717) is 24.7 Å². The number of anilines is 1. The Bertz CT molecular complexity index is 1090. The molecule has 3 aromatic heterocycles. The molecule has 0 aromatic carbocycles. The third kappa shape index (κ3) is 4.01. The first kappa shape index (κ1) is 20.3. The van der Waals surface area contributed by atoms with Crippen LogP contribution in [0, 0.1) is 19.8 Å². The number of hydrogen-bond donors (Lipinski definition) is 0. The minimum absolute atomic E-state index is 0.0356. The van der Waals surface area contributed by atoms with Crippen molar-refractivity contribution < 1.29 is 4.74 Å². The van der Waals surface area contributed by atoms with Crippen LogP contribution >= 0.6 is 0 Å². The summed E-state index contributed by atoms with van der Waals surface area (Å²) in [4.78, 5) is 21.9. The van der Waals surface area contributed by atoms with Crippen molar-refractivity contribution in [1.29, 1.82) is 0 Å². The predicted octanol–water partition coefficient (Wildman–Crippen LogP) is 3.64. The summed E-state index contributed by atoms with van der Waals surface area (Å²) in [5.74, 6) is 1.96. The molecule has 0 amide bonds. The second kappa shape index (κ2) is 8.15. The van der Waals surface area contributed by atoms with Gasteiger partial charge in [-0.2, -0.15) is 10.1 Å². The van der Waals surface area contributed by atoms with Crippen molar-refractivity contribution in [2.45, 2.75) is 58.5 Å². The Hall–Kier alpha value is -2.61. The van der Waals surface area contributed by atoms with Gasteiger partial charge in [-0.25, -0.2) is 15.0 Å². The maximum atomic E-state index is 6.03. The van der Waals surface area contributed by atoms with Crippen LogP contribution < -0.4 is 4.90 Å². The maximum absolute atomic E-state index is 6.03. The zero-order valence-electron chi connectivity index (χ0n) is 18.9. The summed E-state index contributed by atoms with van der Waals surface area (Å²) in [6, 6.07) is 0. The van der Waals surface area contributed by atoms with Gasteiger partial charge in [0.05, 0.1) is 36.4 Å². The van der Waals surface area contributed by atoms with Gasteiger partial charge in [0.2, 0.25) is 5.95 Å². The van der Waals surface area contributed by atoms with Crippen LogP contribution in [0.4, 0.5) is 5.95 Å². The number of morpholine rings is 1. The van der Waals surface area contributed by atoms with Crippen molar-refractivity contribution in [3.8, 4) is 0 Å². The summed E-state index contributed by atoms with van der Waals surface area (Å²) in [6.45, 7) is 8.47. The highest BCUT2D eigenvalue weighted by atomic mass is 16.5. The van der Waals surface area contributed by atoms with Crippen LogP contribution in [0.2, 0.25) is 0 Å². The second-order valence-corrected chi connectivity index (χ2v) is 9.19. The molecule has 0 unspecified atom stereocenters. The molecular weight excluding hydrogens is 390 g/mol. The average molecular weight is 422 g/mol. The molecule has 8 heteroatoms. The third-order valence-corrected chi connectivity index (χ3v) is 6.81. The fourth-order valence-corrected chi connectivity index (χ4v) is 4.72. The van der Waals surface area contributed by atoms with Gasteiger partial charge in [0, 0.05) is 31.3 Å². The molecule has 1 aliphatic heterocycles. The molecule has 0 N–H and O–H groups in total. The Labute approximate surface area is 183 Å². The molecule has 2 aliphatic rings. The number of nitrogens with zero attached hydrogens (tertiary/aromatic N) is 7. The molecule has 8 nitrogen and oxygen atoms in total. The normalized spacial score (nSPS) is 24.6. The van der Waals surface area contributed by atoms with Gasteiger partial charge in [-0.05, 0) is 32.6 Å². The van der Waals surface area contributed by atoms with E-state index in [1.165, 1.54) is 12.8 Å². The van der Waals surface area contributed by atoms with Crippen LogP contribution in [0.5, 0.6) is 0 Å². The number of ether oxygens (including phenoxy) is 1. The average Bonchev–Trinajstić information content (AvgIpc) is 3.21. The van der Waals surface area contributed by atoms with E-state index in [9.17, 15) is 0 Å². The lowest BCUT2D eigenvalue weighted by molar-refractivity contribution is 0.0392. The lowest BCUT2D eigenvalue weighted by Gasteiger charge is -2.33. The Balaban J connectivity index is 1.53. The summed E-state index contributed by atoms with van der Waals surface area (Å²) < 4.78 is 7.84. The van der Waals surface area contributed by atoms with Crippen molar-refractivity contribution >= 4 is 17.1 Å². The van der Waals surface area contributed by atoms with Gasteiger partial charge in [-0.3, -0.25) is 4.68 Å². The van der Waals surface area contributed by atoms with Crippen molar-refractivity contribution in [3.63, 3.8) is 0 Å². The van der Waals surface area contributed by atoms with Crippen LogP contribution in [0.25, 0.3) is 11.2 Å². The first-order chi connectivity index (χ1) is 15.0. The van der Waals surface area contributed by atoms with Crippen LogP contribution in [0.15, 0.2) is 12.4 Å². The quantitative estimate of drug-likeness (QED) is 0.638. The summed E-state index contributed by atoms with van der Waals surface area (Å²) in [6.07, 6.45) is 8.65. The van der Waals surface area contributed by atoms with E-state index < -0.39 is 0 Å². The molecule has 1 aliphatic carbocycles. The van der Waals surface area contributed by atoms with Crippen LogP contribution in [-0.4, -0.2) is 49.4 Å². The molecule has 0 radical (unpaired) electrons. The van der Waals surface area contributed by atoms with Gasteiger partial charge in [-0.1, -0.05) is 19.8 Å². The van der Waals surface area contributed by atoms with Gasteiger partial charge in [0.15, 0.2) is 5.65 Å². The van der Waals surface area contributed by atoms with Gasteiger partial charge in [0.25, 0.3) is 0 Å². The first-order valence-corrected chi connectivity index (χ1v) is 11.4. The van der Waals surface area contributed by atoms with Crippen molar-refractivity contribution in [2.24, 2.45) is 13.0 Å². The van der Waals surface area contributed by atoms with E-state index in [0.717, 1.165) is 59.4 Å². The molecule has 1 saturated carbocycles. The Morgan fingerprint density at radius 1 is 1.00 bits per heavy atom. The lowest BCUT2D eigenvalue weighted by Crippen LogP contribution is -2.39. The molecule has 0 bridgehead atoms. The SMILES string of the molecule is Cc1nc2nc(N3CCO[C@H](c4cnn(C)c4)C3)nc([C@H]3CC[C@H](C)CC3)c2nc1C.